The fourth-order valence-electron chi connectivity index (χ4n) is 2.83. The predicted octanol–water partition coefficient (Wildman–Crippen LogP) is 1.90. The first-order valence-corrected chi connectivity index (χ1v) is 6.16. The van der Waals surface area contributed by atoms with Crippen LogP contribution >= 0.6 is 0 Å². The molecule has 1 heterocycles. The maximum absolute atomic E-state index is 8.96. The molecular formula is C14H19N3. The Morgan fingerprint density at radius 3 is 3.06 bits per heavy atom. The Bertz CT molecular complexity index is 422. The highest BCUT2D eigenvalue weighted by Gasteiger charge is 2.29. The summed E-state index contributed by atoms with van der Waals surface area (Å²) in [6.07, 6.45) is 2.40. The fourth-order valence-corrected chi connectivity index (χ4v) is 2.83. The molecule has 0 saturated carbocycles. The number of hydrogen-bond donors (Lipinski definition) is 1. The van der Waals surface area contributed by atoms with Crippen LogP contribution in [-0.4, -0.2) is 25.0 Å². The standard InChI is InChI=1S/C14H19N3/c1-17-7-3-6-13(10-16)14(17)12-5-2-4-11(8-12)9-15/h2,4-5,8,13-14H,3,6-7,10,16H2,1H3. The first kappa shape index (κ1) is 12.1. The largest absolute Gasteiger partial charge is 0.330 e. The summed E-state index contributed by atoms with van der Waals surface area (Å²) in [5, 5.41) is 8.96. The van der Waals surface area contributed by atoms with Gasteiger partial charge < -0.3 is 5.73 Å². The zero-order valence-electron chi connectivity index (χ0n) is 10.3. The van der Waals surface area contributed by atoms with Gasteiger partial charge in [-0.1, -0.05) is 12.1 Å². The lowest BCUT2D eigenvalue weighted by Gasteiger charge is -2.39. The summed E-state index contributed by atoms with van der Waals surface area (Å²) in [5.74, 6) is 0.502. The third-order valence-corrected chi connectivity index (χ3v) is 3.67. The molecule has 0 radical (unpaired) electrons. The number of piperidine rings is 1. The van der Waals surface area contributed by atoms with E-state index in [1.54, 1.807) is 0 Å². The molecule has 0 bridgehead atoms. The van der Waals surface area contributed by atoms with Gasteiger partial charge in [-0.15, -0.1) is 0 Å². The molecule has 17 heavy (non-hydrogen) atoms. The normalized spacial score (nSPS) is 25.5. The third kappa shape index (κ3) is 2.49. The Balaban J connectivity index is 2.31. The minimum atomic E-state index is 0.363. The number of rotatable bonds is 2. The molecule has 90 valence electrons. The Morgan fingerprint density at radius 1 is 1.53 bits per heavy atom. The third-order valence-electron chi connectivity index (χ3n) is 3.67. The zero-order valence-corrected chi connectivity index (χ0v) is 10.3. The van der Waals surface area contributed by atoms with Crippen molar-refractivity contribution in [1.82, 2.24) is 4.90 Å². The van der Waals surface area contributed by atoms with Gasteiger partial charge in [0.25, 0.3) is 0 Å². The minimum Gasteiger partial charge on any atom is -0.330 e. The van der Waals surface area contributed by atoms with Crippen molar-refractivity contribution < 1.29 is 0 Å². The summed E-state index contributed by atoms with van der Waals surface area (Å²) in [6, 6.07) is 10.5. The van der Waals surface area contributed by atoms with Gasteiger partial charge in [0.15, 0.2) is 0 Å². The van der Waals surface area contributed by atoms with Crippen LogP contribution in [0.5, 0.6) is 0 Å². The number of nitrogens with two attached hydrogens (primary N) is 1. The average Bonchev–Trinajstić information content (AvgIpc) is 2.38. The molecule has 1 aromatic rings. The van der Waals surface area contributed by atoms with E-state index < -0.39 is 0 Å². The Morgan fingerprint density at radius 2 is 2.35 bits per heavy atom. The lowest BCUT2D eigenvalue weighted by molar-refractivity contribution is 0.125. The summed E-state index contributed by atoms with van der Waals surface area (Å²) in [5.41, 5.74) is 7.83. The van der Waals surface area contributed by atoms with Gasteiger partial charge in [-0.05, 0) is 56.6 Å². The molecule has 0 aromatic heterocycles. The molecular weight excluding hydrogens is 210 g/mol. The molecule has 3 nitrogen and oxygen atoms in total. The molecule has 1 aromatic carbocycles. The van der Waals surface area contributed by atoms with Crippen molar-refractivity contribution >= 4 is 0 Å². The first-order chi connectivity index (χ1) is 8.26. The molecule has 3 heteroatoms. The highest BCUT2D eigenvalue weighted by atomic mass is 15.1. The van der Waals surface area contributed by atoms with Gasteiger partial charge in [0.2, 0.25) is 0 Å². The molecule has 1 aliphatic heterocycles. The predicted molar refractivity (Wildman–Crippen MR) is 68.3 cm³/mol. The first-order valence-electron chi connectivity index (χ1n) is 6.16. The molecule has 2 atom stereocenters. The summed E-state index contributed by atoms with van der Waals surface area (Å²) in [7, 11) is 2.14. The molecule has 2 unspecified atom stereocenters. The van der Waals surface area contributed by atoms with Crippen molar-refractivity contribution in [1.29, 1.82) is 5.26 Å². The van der Waals surface area contributed by atoms with E-state index in [4.69, 9.17) is 11.0 Å². The van der Waals surface area contributed by atoms with Gasteiger partial charge in [-0.3, -0.25) is 4.90 Å². The van der Waals surface area contributed by atoms with E-state index in [2.05, 4.69) is 24.1 Å². The van der Waals surface area contributed by atoms with Crippen molar-refractivity contribution in [3.05, 3.63) is 35.4 Å². The smallest absolute Gasteiger partial charge is 0.0991 e. The molecule has 2 rings (SSSR count). The monoisotopic (exact) mass is 229 g/mol. The quantitative estimate of drug-likeness (QED) is 0.842. The topological polar surface area (TPSA) is 53.0 Å². The minimum absolute atomic E-state index is 0.363. The van der Waals surface area contributed by atoms with Crippen molar-refractivity contribution in [3.8, 4) is 6.07 Å². The number of likely N-dealkylation sites (tertiary alicyclic amines) is 1. The molecule has 1 aliphatic rings. The Hall–Kier alpha value is -1.37. The maximum atomic E-state index is 8.96. The van der Waals surface area contributed by atoms with Gasteiger partial charge >= 0.3 is 0 Å². The van der Waals surface area contributed by atoms with E-state index in [0.29, 0.717) is 18.5 Å². The van der Waals surface area contributed by atoms with Gasteiger partial charge in [0.1, 0.15) is 0 Å². The van der Waals surface area contributed by atoms with Crippen LogP contribution in [0, 0.1) is 17.2 Å². The molecule has 2 N–H and O–H groups in total. The van der Waals surface area contributed by atoms with E-state index in [0.717, 1.165) is 12.1 Å². The van der Waals surface area contributed by atoms with Crippen LogP contribution in [-0.2, 0) is 0 Å². The number of benzene rings is 1. The van der Waals surface area contributed by atoms with Crippen molar-refractivity contribution in [2.24, 2.45) is 11.7 Å². The molecule has 0 aliphatic carbocycles. The SMILES string of the molecule is CN1CCCC(CN)C1c1cccc(C#N)c1. The molecule has 1 saturated heterocycles. The van der Waals surface area contributed by atoms with Gasteiger partial charge in [-0.25, -0.2) is 0 Å². The summed E-state index contributed by atoms with van der Waals surface area (Å²) >= 11 is 0. The van der Waals surface area contributed by atoms with E-state index in [1.165, 1.54) is 18.4 Å². The second-order valence-electron chi connectivity index (χ2n) is 4.80. The van der Waals surface area contributed by atoms with Crippen molar-refractivity contribution in [2.45, 2.75) is 18.9 Å². The van der Waals surface area contributed by atoms with Crippen LogP contribution in [0.1, 0.15) is 30.0 Å². The summed E-state index contributed by atoms with van der Waals surface area (Å²) in [4.78, 5) is 2.36. The number of nitriles is 1. The molecule has 0 amide bonds. The number of hydrogen-bond acceptors (Lipinski definition) is 3. The van der Waals surface area contributed by atoms with Crippen LogP contribution in [0.25, 0.3) is 0 Å². The second kappa shape index (κ2) is 5.31. The summed E-state index contributed by atoms with van der Waals surface area (Å²) < 4.78 is 0. The highest BCUT2D eigenvalue weighted by Crippen LogP contribution is 2.34. The van der Waals surface area contributed by atoms with Crippen LogP contribution in [0.4, 0.5) is 0 Å². The number of nitrogens with zero attached hydrogens (tertiary/aromatic N) is 2. The van der Waals surface area contributed by atoms with E-state index in [1.807, 2.05) is 18.2 Å². The van der Waals surface area contributed by atoms with Gasteiger partial charge in [-0.2, -0.15) is 5.26 Å². The lowest BCUT2D eigenvalue weighted by atomic mass is 9.84. The lowest BCUT2D eigenvalue weighted by Crippen LogP contribution is -2.39. The van der Waals surface area contributed by atoms with Crippen LogP contribution in [0.15, 0.2) is 24.3 Å². The van der Waals surface area contributed by atoms with Gasteiger partial charge in [0.05, 0.1) is 11.6 Å². The van der Waals surface area contributed by atoms with E-state index in [9.17, 15) is 0 Å². The van der Waals surface area contributed by atoms with E-state index >= 15 is 0 Å². The Labute approximate surface area is 103 Å². The van der Waals surface area contributed by atoms with Crippen LogP contribution < -0.4 is 5.73 Å². The fraction of sp³-hybridized carbons (Fsp3) is 0.500. The van der Waals surface area contributed by atoms with Crippen LogP contribution in [0.2, 0.25) is 0 Å². The Kier molecular flexibility index (Phi) is 3.78. The highest BCUT2D eigenvalue weighted by molar-refractivity contribution is 5.34. The summed E-state index contributed by atoms with van der Waals surface area (Å²) in [6.45, 7) is 1.82. The maximum Gasteiger partial charge on any atom is 0.0991 e. The van der Waals surface area contributed by atoms with Crippen LogP contribution in [0.3, 0.4) is 0 Å². The molecule has 1 fully saturated rings. The second-order valence-corrected chi connectivity index (χ2v) is 4.80. The van der Waals surface area contributed by atoms with Crippen molar-refractivity contribution in [2.75, 3.05) is 20.1 Å². The molecule has 0 spiro atoms. The van der Waals surface area contributed by atoms with E-state index in [-0.39, 0.29) is 0 Å². The average molecular weight is 229 g/mol. The zero-order chi connectivity index (χ0) is 12.3. The van der Waals surface area contributed by atoms with Crippen molar-refractivity contribution in [3.63, 3.8) is 0 Å². The van der Waals surface area contributed by atoms with Gasteiger partial charge in [0, 0.05) is 6.04 Å².